The second-order valence-corrected chi connectivity index (χ2v) is 5.67. The zero-order valence-electron chi connectivity index (χ0n) is 12.8. The third-order valence-electron chi connectivity index (χ3n) is 4.20. The number of likely N-dealkylation sites (tertiary alicyclic amines) is 1. The molecule has 114 valence electrons. The highest BCUT2D eigenvalue weighted by atomic mass is 16.5. The molecule has 0 spiro atoms. The van der Waals surface area contributed by atoms with Gasteiger partial charge in [0.25, 0.3) is 0 Å². The van der Waals surface area contributed by atoms with E-state index < -0.39 is 0 Å². The number of nitrogens with zero attached hydrogens (tertiary/aromatic N) is 4. The number of ether oxygens (including phenoxy) is 1. The molecule has 3 rings (SSSR count). The quantitative estimate of drug-likeness (QED) is 0.816. The SMILES string of the molecule is COCCc1nc2cccnc2n1CCN1CCCCC1. The van der Waals surface area contributed by atoms with E-state index in [-0.39, 0.29) is 0 Å². The van der Waals surface area contributed by atoms with E-state index in [1.165, 1.54) is 32.4 Å². The van der Waals surface area contributed by atoms with Crippen molar-refractivity contribution < 1.29 is 4.74 Å². The van der Waals surface area contributed by atoms with Gasteiger partial charge in [-0.3, -0.25) is 0 Å². The summed E-state index contributed by atoms with van der Waals surface area (Å²) in [6.07, 6.45) is 6.73. The van der Waals surface area contributed by atoms with Gasteiger partial charge in [-0.25, -0.2) is 9.97 Å². The molecule has 0 saturated carbocycles. The minimum Gasteiger partial charge on any atom is -0.384 e. The monoisotopic (exact) mass is 288 g/mol. The van der Waals surface area contributed by atoms with Gasteiger partial charge in [-0.05, 0) is 38.1 Å². The van der Waals surface area contributed by atoms with Crippen molar-refractivity contribution in [2.24, 2.45) is 0 Å². The number of fused-ring (bicyclic) bond motifs is 1. The molecule has 0 N–H and O–H groups in total. The summed E-state index contributed by atoms with van der Waals surface area (Å²) in [5.74, 6) is 1.09. The molecule has 1 aliphatic heterocycles. The van der Waals surface area contributed by atoms with E-state index in [2.05, 4.69) is 14.5 Å². The van der Waals surface area contributed by atoms with E-state index in [9.17, 15) is 0 Å². The Hall–Kier alpha value is -1.46. The molecular weight excluding hydrogens is 264 g/mol. The Morgan fingerprint density at radius 1 is 1.19 bits per heavy atom. The maximum atomic E-state index is 5.21. The first-order chi connectivity index (χ1) is 10.4. The third kappa shape index (κ3) is 3.41. The van der Waals surface area contributed by atoms with Crippen molar-refractivity contribution in [1.29, 1.82) is 0 Å². The first kappa shape index (κ1) is 14.5. The molecule has 0 aromatic carbocycles. The molecule has 0 radical (unpaired) electrons. The lowest BCUT2D eigenvalue weighted by atomic mass is 10.1. The Bertz CT molecular complexity index is 575. The summed E-state index contributed by atoms with van der Waals surface area (Å²) in [5, 5.41) is 0. The molecule has 1 saturated heterocycles. The van der Waals surface area contributed by atoms with Gasteiger partial charge in [-0.15, -0.1) is 0 Å². The number of piperidine rings is 1. The van der Waals surface area contributed by atoms with E-state index in [4.69, 9.17) is 9.72 Å². The first-order valence-corrected chi connectivity index (χ1v) is 7.90. The normalized spacial score (nSPS) is 16.6. The minimum atomic E-state index is 0.701. The van der Waals surface area contributed by atoms with Crippen LogP contribution < -0.4 is 0 Å². The summed E-state index contributed by atoms with van der Waals surface area (Å²) in [5.41, 5.74) is 1.99. The van der Waals surface area contributed by atoms with Gasteiger partial charge in [-0.2, -0.15) is 0 Å². The molecule has 0 aliphatic carbocycles. The largest absolute Gasteiger partial charge is 0.384 e. The molecule has 5 nitrogen and oxygen atoms in total. The number of rotatable bonds is 6. The average molecular weight is 288 g/mol. The van der Waals surface area contributed by atoms with Crippen molar-refractivity contribution >= 4 is 11.2 Å². The number of aromatic nitrogens is 3. The van der Waals surface area contributed by atoms with Gasteiger partial charge in [0.15, 0.2) is 5.65 Å². The van der Waals surface area contributed by atoms with Crippen LogP contribution in [0.1, 0.15) is 25.1 Å². The number of hydrogen-bond acceptors (Lipinski definition) is 4. The lowest BCUT2D eigenvalue weighted by molar-refractivity contribution is 0.197. The maximum absolute atomic E-state index is 5.21. The fourth-order valence-corrected chi connectivity index (χ4v) is 3.05. The van der Waals surface area contributed by atoms with E-state index in [0.717, 1.165) is 36.5 Å². The summed E-state index contributed by atoms with van der Waals surface area (Å²) in [6.45, 7) is 5.21. The Morgan fingerprint density at radius 3 is 2.86 bits per heavy atom. The Balaban J connectivity index is 1.77. The summed E-state index contributed by atoms with van der Waals surface area (Å²) in [6, 6.07) is 3.99. The Morgan fingerprint density at radius 2 is 2.05 bits per heavy atom. The van der Waals surface area contributed by atoms with Crippen molar-refractivity contribution in [3.8, 4) is 0 Å². The van der Waals surface area contributed by atoms with Crippen LogP contribution in [-0.2, 0) is 17.7 Å². The van der Waals surface area contributed by atoms with E-state index >= 15 is 0 Å². The van der Waals surface area contributed by atoms with Crippen LogP contribution in [-0.4, -0.2) is 52.8 Å². The first-order valence-electron chi connectivity index (χ1n) is 7.90. The van der Waals surface area contributed by atoms with Gasteiger partial charge in [0, 0.05) is 32.8 Å². The molecule has 2 aromatic rings. The highest BCUT2D eigenvalue weighted by Crippen LogP contribution is 2.15. The highest BCUT2D eigenvalue weighted by Gasteiger charge is 2.14. The summed E-state index contributed by atoms with van der Waals surface area (Å²) in [4.78, 5) is 11.8. The summed E-state index contributed by atoms with van der Waals surface area (Å²) < 4.78 is 7.47. The second kappa shape index (κ2) is 7.00. The molecule has 21 heavy (non-hydrogen) atoms. The topological polar surface area (TPSA) is 43.2 Å². The molecule has 0 unspecified atom stereocenters. The van der Waals surface area contributed by atoms with Crippen molar-refractivity contribution in [1.82, 2.24) is 19.4 Å². The number of pyridine rings is 1. The molecule has 1 aliphatic rings. The van der Waals surface area contributed by atoms with Gasteiger partial charge in [0.05, 0.1) is 6.61 Å². The smallest absolute Gasteiger partial charge is 0.160 e. The van der Waals surface area contributed by atoms with Crippen LogP contribution in [0.2, 0.25) is 0 Å². The predicted octanol–water partition coefficient (Wildman–Crippen LogP) is 2.11. The van der Waals surface area contributed by atoms with Crippen LogP contribution in [0.15, 0.2) is 18.3 Å². The van der Waals surface area contributed by atoms with Crippen LogP contribution in [0.3, 0.4) is 0 Å². The summed E-state index contributed by atoms with van der Waals surface area (Å²) >= 11 is 0. The molecule has 0 atom stereocenters. The number of methoxy groups -OCH3 is 1. The van der Waals surface area contributed by atoms with Gasteiger partial charge in [0.2, 0.25) is 0 Å². The molecule has 0 bridgehead atoms. The molecule has 1 fully saturated rings. The van der Waals surface area contributed by atoms with Gasteiger partial charge in [-0.1, -0.05) is 6.42 Å². The van der Waals surface area contributed by atoms with E-state index in [1.807, 2.05) is 18.3 Å². The lowest BCUT2D eigenvalue weighted by Gasteiger charge is -2.26. The molecule has 2 aromatic heterocycles. The molecule has 5 heteroatoms. The average Bonchev–Trinajstić information content (AvgIpc) is 2.89. The summed E-state index contributed by atoms with van der Waals surface area (Å²) in [7, 11) is 1.74. The minimum absolute atomic E-state index is 0.701. The lowest BCUT2D eigenvalue weighted by Crippen LogP contribution is -2.32. The van der Waals surface area contributed by atoms with Crippen LogP contribution in [0.25, 0.3) is 11.2 Å². The van der Waals surface area contributed by atoms with Gasteiger partial charge >= 0.3 is 0 Å². The molecule has 0 amide bonds. The maximum Gasteiger partial charge on any atom is 0.160 e. The van der Waals surface area contributed by atoms with Crippen LogP contribution >= 0.6 is 0 Å². The van der Waals surface area contributed by atoms with Crippen LogP contribution in [0, 0.1) is 0 Å². The fourth-order valence-electron chi connectivity index (χ4n) is 3.05. The molecular formula is C16H24N4O. The third-order valence-corrected chi connectivity index (χ3v) is 4.20. The van der Waals surface area contributed by atoms with Gasteiger partial charge in [0.1, 0.15) is 11.3 Å². The zero-order chi connectivity index (χ0) is 14.5. The predicted molar refractivity (Wildman–Crippen MR) is 83.4 cm³/mol. The van der Waals surface area contributed by atoms with Crippen LogP contribution in [0.4, 0.5) is 0 Å². The van der Waals surface area contributed by atoms with Crippen LogP contribution in [0.5, 0.6) is 0 Å². The van der Waals surface area contributed by atoms with Crippen molar-refractivity contribution in [3.05, 3.63) is 24.2 Å². The standard InChI is InChI=1S/C16H24N4O/c1-21-13-7-15-18-14-6-5-8-17-16(14)20(15)12-11-19-9-3-2-4-10-19/h5-6,8H,2-4,7,9-13H2,1H3. The molecule has 3 heterocycles. The van der Waals surface area contributed by atoms with Crippen molar-refractivity contribution in [2.45, 2.75) is 32.2 Å². The number of hydrogen-bond donors (Lipinski definition) is 0. The second-order valence-electron chi connectivity index (χ2n) is 5.67. The fraction of sp³-hybridized carbons (Fsp3) is 0.625. The zero-order valence-corrected chi connectivity index (χ0v) is 12.8. The Labute approximate surface area is 125 Å². The van der Waals surface area contributed by atoms with Gasteiger partial charge < -0.3 is 14.2 Å². The highest BCUT2D eigenvalue weighted by molar-refractivity contribution is 5.71. The van der Waals surface area contributed by atoms with E-state index in [1.54, 1.807) is 7.11 Å². The van der Waals surface area contributed by atoms with Crippen molar-refractivity contribution in [2.75, 3.05) is 33.4 Å². The van der Waals surface area contributed by atoms with Crippen molar-refractivity contribution in [3.63, 3.8) is 0 Å². The number of imidazole rings is 1. The van der Waals surface area contributed by atoms with E-state index in [0.29, 0.717) is 6.61 Å². The Kier molecular flexibility index (Phi) is 4.83.